The standard InChI is InChI=1S/C12H10N2O3/c1-16-10-3-4-11(17-2)12(15)9(10)5-8(6-13)7-14/h3-5,15H,1-2H3. The summed E-state index contributed by atoms with van der Waals surface area (Å²) >= 11 is 0. The summed E-state index contributed by atoms with van der Waals surface area (Å²) < 4.78 is 9.97. The van der Waals surface area contributed by atoms with Crippen molar-refractivity contribution >= 4 is 6.08 Å². The maximum absolute atomic E-state index is 9.87. The minimum Gasteiger partial charge on any atom is -0.504 e. The number of hydrogen-bond acceptors (Lipinski definition) is 5. The molecular formula is C12H10N2O3. The van der Waals surface area contributed by atoms with Gasteiger partial charge in [0.15, 0.2) is 11.5 Å². The highest BCUT2D eigenvalue weighted by molar-refractivity contribution is 5.73. The van der Waals surface area contributed by atoms with Crippen LogP contribution in [-0.2, 0) is 0 Å². The van der Waals surface area contributed by atoms with Gasteiger partial charge in [-0.2, -0.15) is 10.5 Å². The summed E-state index contributed by atoms with van der Waals surface area (Å²) in [5.41, 5.74) is 0.108. The lowest BCUT2D eigenvalue weighted by Gasteiger charge is -2.10. The molecule has 0 saturated carbocycles. The van der Waals surface area contributed by atoms with Crippen molar-refractivity contribution in [2.75, 3.05) is 14.2 Å². The Bertz CT molecular complexity index is 520. The first kappa shape index (κ1) is 12.4. The van der Waals surface area contributed by atoms with Crippen LogP contribution in [-0.4, -0.2) is 19.3 Å². The number of phenolic OH excluding ortho intramolecular Hbond substituents is 1. The molecule has 0 saturated heterocycles. The predicted octanol–water partition coefficient (Wildman–Crippen LogP) is 1.84. The second-order valence-corrected chi connectivity index (χ2v) is 3.01. The zero-order valence-corrected chi connectivity index (χ0v) is 9.39. The Balaban J connectivity index is 3.45. The molecule has 0 aliphatic rings. The first-order valence-corrected chi connectivity index (χ1v) is 4.63. The number of aromatic hydroxyl groups is 1. The molecule has 5 heteroatoms. The lowest BCUT2D eigenvalue weighted by atomic mass is 10.1. The van der Waals surface area contributed by atoms with Crippen LogP contribution in [0.4, 0.5) is 0 Å². The highest BCUT2D eigenvalue weighted by atomic mass is 16.5. The molecule has 0 atom stereocenters. The summed E-state index contributed by atoms with van der Waals surface area (Å²) in [5, 5.41) is 27.2. The van der Waals surface area contributed by atoms with Gasteiger partial charge in [-0.05, 0) is 18.2 Å². The van der Waals surface area contributed by atoms with E-state index in [1.165, 1.54) is 26.4 Å². The Morgan fingerprint density at radius 2 is 1.71 bits per heavy atom. The SMILES string of the molecule is COc1ccc(OC)c(C=C(C#N)C#N)c1O. The highest BCUT2D eigenvalue weighted by Gasteiger charge is 2.12. The minimum absolute atomic E-state index is 0.133. The summed E-state index contributed by atoms with van der Waals surface area (Å²) in [6.07, 6.45) is 1.25. The molecule has 0 spiro atoms. The number of methoxy groups -OCH3 is 2. The maximum Gasteiger partial charge on any atom is 0.168 e. The molecule has 86 valence electrons. The van der Waals surface area contributed by atoms with Crippen LogP contribution in [0, 0.1) is 22.7 Å². The summed E-state index contributed by atoms with van der Waals surface area (Å²) in [7, 11) is 2.83. The summed E-state index contributed by atoms with van der Waals surface area (Å²) in [6.45, 7) is 0. The average molecular weight is 230 g/mol. The van der Waals surface area contributed by atoms with Gasteiger partial charge < -0.3 is 14.6 Å². The average Bonchev–Trinajstić information content (AvgIpc) is 2.37. The minimum atomic E-state index is -0.171. The van der Waals surface area contributed by atoms with Gasteiger partial charge in [0.25, 0.3) is 0 Å². The molecule has 1 aromatic carbocycles. The first-order valence-electron chi connectivity index (χ1n) is 4.63. The van der Waals surface area contributed by atoms with Crippen LogP contribution in [0.25, 0.3) is 6.08 Å². The molecule has 0 amide bonds. The number of ether oxygens (including phenoxy) is 2. The van der Waals surface area contributed by atoms with Gasteiger partial charge in [0.1, 0.15) is 23.5 Å². The van der Waals surface area contributed by atoms with Crippen molar-refractivity contribution in [1.82, 2.24) is 0 Å². The van der Waals surface area contributed by atoms with E-state index in [0.29, 0.717) is 5.75 Å². The molecule has 0 heterocycles. The lowest BCUT2D eigenvalue weighted by Crippen LogP contribution is -1.91. The van der Waals surface area contributed by atoms with E-state index < -0.39 is 0 Å². The predicted molar refractivity (Wildman–Crippen MR) is 60.4 cm³/mol. The van der Waals surface area contributed by atoms with Crippen molar-refractivity contribution in [3.63, 3.8) is 0 Å². The molecule has 0 aliphatic carbocycles. The fourth-order valence-corrected chi connectivity index (χ4v) is 1.29. The fraction of sp³-hybridized carbons (Fsp3) is 0.167. The van der Waals surface area contributed by atoms with E-state index >= 15 is 0 Å². The Labute approximate surface area is 98.7 Å². The molecule has 0 fully saturated rings. The molecule has 0 aliphatic heterocycles. The Kier molecular flexibility index (Phi) is 3.96. The second-order valence-electron chi connectivity index (χ2n) is 3.01. The number of hydrogen-bond donors (Lipinski definition) is 1. The van der Waals surface area contributed by atoms with E-state index in [1.54, 1.807) is 18.2 Å². The van der Waals surface area contributed by atoms with Crippen molar-refractivity contribution in [1.29, 1.82) is 10.5 Å². The maximum atomic E-state index is 9.87. The van der Waals surface area contributed by atoms with E-state index in [0.717, 1.165) is 0 Å². The summed E-state index contributed by atoms with van der Waals surface area (Å²) in [5.74, 6) is 0.424. The number of phenols is 1. The molecule has 0 bridgehead atoms. The van der Waals surface area contributed by atoms with Crippen LogP contribution in [0.2, 0.25) is 0 Å². The van der Waals surface area contributed by atoms with E-state index in [9.17, 15) is 5.11 Å². The second kappa shape index (κ2) is 5.43. The van der Waals surface area contributed by atoms with Crippen LogP contribution >= 0.6 is 0 Å². The molecule has 1 aromatic rings. The van der Waals surface area contributed by atoms with E-state index in [4.69, 9.17) is 20.0 Å². The van der Waals surface area contributed by atoms with Crippen LogP contribution in [0.5, 0.6) is 17.2 Å². The largest absolute Gasteiger partial charge is 0.504 e. The third-order valence-corrected chi connectivity index (χ3v) is 2.11. The molecule has 0 radical (unpaired) electrons. The number of allylic oxidation sites excluding steroid dienone is 1. The molecule has 17 heavy (non-hydrogen) atoms. The van der Waals surface area contributed by atoms with Gasteiger partial charge in [0, 0.05) is 0 Å². The molecule has 0 unspecified atom stereocenters. The normalized spacial score (nSPS) is 8.71. The van der Waals surface area contributed by atoms with Gasteiger partial charge in [-0.3, -0.25) is 0 Å². The lowest BCUT2D eigenvalue weighted by molar-refractivity contribution is 0.365. The number of benzene rings is 1. The highest BCUT2D eigenvalue weighted by Crippen LogP contribution is 2.37. The number of nitrogens with zero attached hydrogens (tertiary/aromatic N) is 2. The molecule has 5 nitrogen and oxygen atoms in total. The van der Waals surface area contributed by atoms with Crippen molar-refractivity contribution < 1.29 is 14.6 Å². The van der Waals surface area contributed by atoms with Crippen molar-refractivity contribution in [2.45, 2.75) is 0 Å². The van der Waals surface area contributed by atoms with Crippen molar-refractivity contribution in [3.8, 4) is 29.4 Å². The summed E-state index contributed by atoms with van der Waals surface area (Å²) in [6, 6.07) is 6.53. The van der Waals surface area contributed by atoms with Gasteiger partial charge in [-0.15, -0.1) is 0 Å². The third kappa shape index (κ3) is 2.47. The number of rotatable bonds is 3. The Morgan fingerprint density at radius 3 is 2.18 bits per heavy atom. The smallest absolute Gasteiger partial charge is 0.168 e. The fourth-order valence-electron chi connectivity index (χ4n) is 1.29. The Morgan fingerprint density at radius 1 is 1.18 bits per heavy atom. The van der Waals surface area contributed by atoms with E-state index in [2.05, 4.69) is 0 Å². The van der Waals surface area contributed by atoms with Gasteiger partial charge in [-0.25, -0.2) is 0 Å². The molecule has 0 aromatic heterocycles. The first-order chi connectivity index (χ1) is 8.17. The van der Waals surface area contributed by atoms with Crippen molar-refractivity contribution in [2.24, 2.45) is 0 Å². The van der Waals surface area contributed by atoms with Crippen LogP contribution in [0.1, 0.15) is 5.56 Å². The topological polar surface area (TPSA) is 86.3 Å². The van der Waals surface area contributed by atoms with Crippen LogP contribution in [0.3, 0.4) is 0 Å². The quantitative estimate of drug-likeness (QED) is 0.800. The zero-order valence-electron chi connectivity index (χ0n) is 9.39. The molecule has 1 rings (SSSR count). The molecular weight excluding hydrogens is 220 g/mol. The van der Waals surface area contributed by atoms with Gasteiger partial charge in [-0.1, -0.05) is 0 Å². The van der Waals surface area contributed by atoms with E-state index in [1.807, 2.05) is 0 Å². The van der Waals surface area contributed by atoms with E-state index in [-0.39, 0.29) is 22.6 Å². The van der Waals surface area contributed by atoms with Gasteiger partial charge in [0.05, 0.1) is 19.8 Å². The monoisotopic (exact) mass is 230 g/mol. The summed E-state index contributed by atoms with van der Waals surface area (Å²) in [4.78, 5) is 0. The van der Waals surface area contributed by atoms with Crippen LogP contribution < -0.4 is 9.47 Å². The third-order valence-electron chi connectivity index (χ3n) is 2.11. The van der Waals surface area contributed by atoms with Crippen LogP contribution in [0.15, 0.2) is 17.7 Å². The molecule has 1 N–H and O–H groups in total. The zero-order chi connectivity index (χ0) is 12.8. The Hall–Kier alpha value is -2.66. The van der Waals surface area contributed by atoms with Gasteiger partial charge >= 0.3 is 0 Å². The van der Waals surface area contributed by atoms with Gasteiger partial charge in [0.2, 0.25) is 0 Å². The number of nitriles is 2. The van der Waals surface area contributed by atoms with Crippen molar-refractivity contribution in [3.05, 3.63) is 23.3 Å².